The van der Waals surface area contributed by atoms with Crippen molar-refractivity contribution in [2.45, 2.75) is 6.92 Å². The molecule has 0 bridgehead atoms. The standard InChI is InChI=1S/C23H18N2O5S/c1-2-30-23(29)15-8-10-16(11-9-15)25-18(14-6-4-3-5-7-14)17(20(27)22(25)28)19(26)21-24-12-13-31-21/h3-13,27-28H,2H2,1H3. The van der Waals surface area contributed by atoms with Crippen LogP contribution in [0, 0.1) is 0 Å². The zero-order valence-electron chi connectivity index (χ0n) is 16.5. The van der Waals surface area contributed by atoms with Gasteiger partial charge in [0, 0.05) is 17.3 Å². The van der Waals surface area contributed by atoms with Crippen molar-refractivity contribution < 1.29 is 24.5 Å². The van der Waals surface area contributed by atoms with Gasteiger partial charge in [-0.15, -0.1) is 11.3 Å². The van der Waals surface area contributed by atoms with Gasteiger partial charge in [0.05, 0.1) is 23.4 Å². The monoisotopic (exact) mass is 434 g/mol. The zero-order chi connectivity index (χ0) is 22.0. The number of carbonyl (C=O) groups excluding carboxylic acids is 2. The Morgan fingerprint density at radius 3 is 2.39 bits per heavy atom. The van der Waals surface area contributed by atoms with E-state index in [9.17, 15) is 19.8 Å². The highest BCUT2D eigenvalue weighted by Crippen LogP contribution is 2.44. The third-order valence-electron chi connectivity index (χ3n) is 4.66. The van der Waals surface area contributed by atoms with E-state index in [-0.39, 0.29) is 17.2 Å². The molecule has 8 heteroatoms. The van der Waals surface area contributed by atoms with Gasteiger partial charge in [-0.05, 0) is 36.8 Å². The third-order valence-corrected chi connectivity index (χ3v) is 5.43. The largest absolute Gasteiger partial charge is 0.503 e. The number of hydrogen-bond donors (Lipinski definition) is 2. The van der Waals surface area contributed by atoms with Gasteiger partial charge in [0.2, 0.25) is 11.7 Å². The second-order valence-corrected chi connectivity index (χ2v) is 7.43. The lowest BCUT2D eigenvalue weighted by atomic mass is 10.0. The highest BCUT2D eigenvalue weighted by molar-refractivity contribution is 7.11. The first-order valence-corrected chi connectivity index (χ1v) is 10.3. The van der Waals surface area contributed by atoms with Crippen molar-refractivity contribution >= 4 is 23.1 Å². The van der Waals surface area contributed by atoms with Crippen LogP contribution in [0.25, 0.3) is 16.9 Å². The normalized spacial score (nSPS) is 10.7. The van der Waals surface area contributed by atoms with Crippen molar-refractivity contribution in [1.82, 2.24) is 9.55 Å². The number of benzene rings is 2. The highest BCUT2D eigenvalue weighted by atomic mass is 32.1. The van der Waals surface area contributed by atoms with Crippen LogP contribution in [-0.4, -0.2) is 38.1 Å². The number of thiazole rings is 1. The fourth-order valence-electron chi connectivity index (χ4n) is 3.29. The molecule has 0 saturated heterocycles. The SMILES string of the molecule is CCOC(=O)c1ccc(-n2c(O)c(O)c(C(=O)c3nccs3)c2-c2ccccc2)cc1. The molecule has 0 unspecified atom stereocenters. The Hall–Kier alpha value is -3.91. The van der Waals surface area contributed by atoms with Crippen molar-refractivity contribution in [3.8, 4) is 28.6 Å². The van der Waals surface area contributed by atoms with Crippen LogP contribution in [0.15, 0.2) is 66.2 Å². The Morgan fingerprint density at radius 2 is 1.77 bits per heavy atom. The molecule has 0 atom stereocenters. The molecule has 31 heavy (non-hydrogen) atoms. The van der Waals surface area contributed by atoms with Crippen LogP contribution < -0.4 is 0 Å². The average molecular weight is 434 g/mol. The summed E-state index contributed by atoms with van der Waals surface area (Å²) < 4.78 is 6.38. The topological polar surface area (TPSA) is 102 Å². The maximum absolute atomic E-state index is 13.1. The van der Waals surface area contributed by atoms with Crippen molar-refractivity contribution in [3.05, 3.63) is 82.3 Å². The number of hydrogen-bond acceptors (Lipinski definition) is 7. The summed E-state index contributed by atoms with van der Waals surface area (Å²) in [5, 5.41) is 23.4. The first kappa shape index (κ1) is 20.4. The molecule has 0 aliphatic carbocycles. The third kappa shape index (κ3) is 3.69. The van der Waals surface area contributed by atoms with Crippen LogP contribution in [-0.2, 0) is 4.74 Å². The minimum atomic E-state index is -0.534. The Bertz CT molecular complexity index is 1230. The van der Waals surface area contributed by atoms with E-state index in [0.29, 0.717) is 22.5 Å². The molecule has 0 saturated carbocycles. The van der Waals surface area contributed by atoms with Gasteiger partial charge in [0.1, 0.15) is 0 Å². The molecule has 2 aromatic carbocycles. The number of ketones is 1. The highest BCUT2D eigenvalue weighted by Gasteiger charge is 2.30. The van der Waals surface area contributed by atoms with E-state index < -0.39 is 23.4 Å². The zero-order valence-corrected chi connectivity index (χ0v) is 17.3. The molecule has 156 valence electrons. The summed E-state index contributed by atoms with van der Waals surface area (Å²) in [6, 6.07) is 15.3. The van der Waals surface area contributed by atoms with Crippen LogP contribution in [0.4, 0.5) is 0 Å². The quantitative estimate of drug-likeness (QED) is 0.344. The summed E-state index contributed by atoms with van der Waals surface area (Å²) >= 11 is 1.15. The molecule has 7 nitrogen and oxygen atoms in total. The number of esters is 1. The molecule has 2 heterocycles. The number of nitrogens with zero attached hydrogens (tertiary/aromatic N) is 2. The van der Waals surface area contributed by atoms with E-state index in [1.807, 2.05) is 6.07 Å². The number of ether oxygens (including phenoxy) is 1. The van der Waals surface area contributed by atoms with Crippen LogP contribution in [0.2, 0.25) is 0 Å². The Balaban J connectivity index is 1.92. The Morgan fingerprint density at radius 1 is 1.06 bits per heavy atom. The summed E-state index contributed by atoms with van der Waals surface area (Å²) in [5.74, 6) is -1.98. The minimum absolute atomic E-state index is 0.0480. The lowest BCUT2D eigenvalue weighted by molar-refractivity contribution is 0.0526. The minimum Gasteiger partial charge on any atom is -0.503 e. The van der Waals surface area contributed by atoms with E-state index in [1.165, 1.54) is 10.8 Å². The van der Waals surface area contributed by atoms with E-state index in [0.717, 1.165) is 11.3 Å². The number of aromatic hydroxyl groups is 2. The predicted octanol–water partition coefficient (Wildman–Crippen LogP) is 4.42. The van der Waals surface area contributed by atoms with Crippen LogP contribution in [0.3, 0.4) is 0 Å². The van der Waals surface area contributed by atoms with Gasteiger partial charge in [0.25, 0.3) is 0 Å². The summed E-state index contributed by atoms with van der Waals surface area (Å²) in [7, 11) is 0. The van der Waals surface area contributed by atoms with Gasteiger partial charge in [-0.25, -0.2) is 9.78 Å². The predicted molar refractivity (Wildman–Crippen MR) is 116 cm³/mol. The molecule has 2 aromatic heterocycles. The molecule has 0 spiro atoms. The second-order valence-electron chi connectivity index (χ2n) is 6.53. The number of aromatic nitrogens is 2. The van der Waals surface area contributed by atoms with Crippen molar-refractivity contribution in [3.63, 3.8) is 0 Å². The van der Waals surface area contributed by atoms with Gasteiger partial charge >= 0.3 is 5.97 Å². The average Bonchev–Trinajstić information content (AvgIpc) is 3.42. The molecule has 0 aliphatic rings. The molecule has 0 amide bonds. The van der Waals surface area contributed by atoms with Gasteiger partial charge in [0.15, 0.2) is 10.8 Å². The number of rotatable bonds is 6. The molecule has 0 fully saturated rings. The van der Waals surface area contributed by atoms with E-state index in [1.54, 1.807) is 60.8 Å². The summed E-state index contributed by atoms with van der Waals surface area (Å²) in [5.41, 5.74) is 1.69. The van der Waals surface area contributed by atoms with Gasteiger partial charge < -0.3 is 14.9 Å². The van der Waals surface area contributed by atoms with Crippen molar-refractivity contribution in [2.75, 3.05) is 6.61 Å². The van der Waals surface area contributed by atoms with Gasteiger partial charge in [-0.1, -0.05) is 30.3 Å². The summed E-state index contributed by atoms with van der Waals surface area (Å²) in [6.45, 7) is 1.98. The fourth-order valence-corrected chi connectivity index (χ4v) is 3.87. The molecular formula is C23H18N2O5S. The number of carbonyl (C=O) groups is 2. The maximum Gasteiger partial charge on any atom is 0.338 e. The molecule has 2 N–H and O–H groups in total. The van der Waals surface area contributed by atoms with Gasteiger partial charge in [-0.2, -0.15) is 0 Å². The van der Waals surface area contributed by atoms with E-state index in [2.05, 4.69) is 4.98 Å². The van der Waals surface area contributed by atoms with E-state index >= 15 is 0 Å². The van der Waals surface area contributed by atoms with Crippen LogP contribution in [0.1, 0.15) is 32.6 Å². The van der Waals surface area contributed by atoms with Crippen LogP contribution in [0.5, 0.6) is 11.6 Å². The Labute approximate surface area is 181 Å². The van der Waals surface area contributed by atoms with E-state index in [4.69, 9.17) is 4.74 Å². The Kier molecular flexibility index (Phi) is 5.55. The fraction of sp³-hybridized carbons (Fsp3) is 0.0870. The maximum atomic E-state index is 13.1. The molecular weight excluding hydrogens is 416 g/mol. The molecule has 4 aromatic rings. The van der Waals surface area contributed by atoms with Crippen molar-refractivity contribution in [1.29, 1.82) is 0 Å². The first-order valence-electron chi connectivity index (χ1n) is 9.46. The molecule has 0 aliphatic heterocycles. The smallest absolute Gasteiger partial charge is 0.338 e. The summed E-state index contributed by atoms with van der Waals surface area (Å²) in [6.07, 6.45) is 1.50. The molecule has 4 rings (SSSR count). The van der Waals surface area contributed by atoms with Gasteiger partial charge in [-0.3, -0.25) is 9.36 Å². The van der Waals surface area contributed by atoms with Crippen molar-refractivity contribution in [2.24, 2.45) is 0 Å². The molecule has 0 radical (unpaired) electrons. The second kappa shape index (κ2) is 8.45. The summed E-state index contributed by atoms with van der Waals surface area (Å²) in [4.78, 5) is 29.1. The van der Waals surface area contributed by atoms with Crippen LogP contribution >= 0.6 is 11.3 Å². The lowest BCUT2D eigenvalue weighted by Gasteiger charge is -2.12. The lowest BCUT2D eigenvalue weighted by Crippen LogP contribution is -2.06. The first-order chi connectivity index (χ1) is 15.0.